The first kappa shape index (κ1) is 14.8. The van der Waals surface area contributed by atoms with Gasteiger partial charge in [-0.25, -0.2) is 4.39 Å². The minimum absolute atomic E-state index is 0.190. The zero-order valence-electron chi connectivity index (χ0n) is 12.9. The van der Waals surface area contributed by atoms with E-state index in [1.54, 1.807) is 19.1 Å². The van der Waals surface area contributed by atoms with Crippen molar-refractivity contribution in [3.63, 3.8) is 0 Å². The van der Waals surface area contributed by atoms with E-state index in [-0.39, 0.29) is 5.82 Å². The summed E-state index contributed by atoms with van der Waals surface area (Å²) in [5.41, 5.74) is 3.74. The molecule has 1 aliphatic heterocycles. The third-order valence-corrected chi connectivity index (χ3v) is 4.12. The van der Waals surface area contributed by atoms with Gasteiger partial charge >= 0.3 is 0 Å². The van der Waals surface area contributed by atoms with Gasteiger partial charge in [-0.15, -0.1) is 0 Å². The van der Waals surface area contributed by atoms with Crippen molar-refractivity contribution in [3.8, 4) is 0 Å². The van der Waals surface area contributed by atoms with Crippen LogP contribution in [-0.4, -0.2) is 19.3 Å². The van der Waals surface area contributed by atoms with Crippen LogP contribution in [-0.2, 0) is 0 Å². The summed E-state index contributed by atoms with van der Waals surface area (Å²) in [6.07, 6.45) is 5.74. The fourth-order valence-electron chi connectivity index (χ4n) is 2.78. The summed E-state index contributed by atoms with van der Waals surface area (Å²) < 4.78 is 13.2. The molecule has 0 aliphatic carbocycles. The van der Waals surface area contributed by atoms with Gasteiger partial charge in [0.25, 0.3) is 0 Å². The molecule has 0 N–H and O–H groups in total. The first-order valence-corrected chi connectivity index (χ1v) is 7.87. The molecule has 0 amide bonds. The molecule has 0 radical (unpaired) electrons. The predicted molar refractivity (Wildman–Crippen MR) is 90.9 cm³/mol. The summed E-state index contributed by atoms with van der Waals surface area (Å²) >= 11 is 0. The molecule has 0 saturated carbocycles. The molecule has 0 unspecified atom stereocenters. The lowest BCUT2D eigenvalue weighted by molar-refractivity contribution is 0.578. The number of aryl methyl sites for hydroxylation is 1. The van der Waals surface area contributed by atoms with E-state index in [1.165, 1.54) is 31.0 Å². The molecule has 1 aliphatic rings. The lowest BCUT2D eigenvalue weighted by atomic mass is 10.1. The minimum atomic E-state index is -0.190. The van der Waals surface area contributed by atoms with Gasteiger partial charge in [-0.2, -0.15) is 0 Å². The Hall–Kier alpha value is -2.16. The lowest BCUT2D eigenvalue weighted by Crippen LogP contribution is -2.29. The monoisotopic (exact) mass is 296 g/mol. The highest BCUT2D eigenvalue weighted by molar-refractivity contribution is 5.82. The third kappa shape index (κ3) is 3.53. The average Bonchev–Trinajstić information content (AvgIpc) is 2.57. The second-order valence-electron chi connectivity index (χ2n) is 5.83. The molecule has 1 saturated heterocycles. The normalized spacial score (nSPS) is 15.5. The van der Waals surface area contributed by atoms with Crippen LogP contribution in [0.25, 0.3) is 0 Å². The van der Waals surface area contributed by atoms with Crippen LogP contribution in [0.3, 0.4) is 0 Å². The predicted octanol–water partition coefficient (Wildman–Crippen LogP) is 4.88. The first-order valence-electron chi connectivity index (χ1n) is 7.87. The van der Waals surface area contributed by atoms with Crippen molar-refractivity contribution in [1.82, 2.24) is 0 Å². The number of hydrogen-bond donors (Lipinski definition) is 0. The largest absolute Gasteiger partial charge is 0.372 e. The number of anilines is 1. The van der Waals surface area contributed by atoms with Crippen LogP contribution in [0, 0.1) is 12.7 Å². The van der Waals surface area contributed by atoms with Gasteiger partial charge in [0.05, 0.1) is 5.69 Å². The maximum absolute atomic E-state index is 13.2. The summed E-state index contributed by atoms with van der Waals surface area (Å²) in [6, 6.07) is 13.4. The fraction of sp³-hybridized carbons (Fsp3) is 0.316. The van der Waals surface area contributed by atoms with Crippen LogP contribution in [0.15, 0.2) is 47.5 Å². The van der Waals surface area contributed by atoms with Crippen LogP contribution < -0.4 is 4.90 Å². The third-order valence-electron chi connectivity index (χ3n) is 4.12. The van der Waals surface area contributed by atoms with Gasteiger partial charge in [0.1, 0.15) is 5.82 Å². The van der Waals surface area contributed by atoms with E-state index in [4.69, 9.17) is 0 Å². The van der Waals surface area contributed by atoms with Crippen molar-refractivity contribution in [1.29, 1.82) is 0 Å². The molecule has 1 fully saturated rings. The molecule has 2 nitrogen and oxygen atoms in total. The van der Waals surface area contributed by atoms with Crippen LogP contribution in [0.2, 0.25) is 0 Å². The van der Waals surface area contributed by atoms with Gasteiger partial charge in [-0.1, -0.05) is 12.1 Å². The molecule has 0 atom stereocenters. The molecule has 22 heavy (non-hydrogen) atoms. The lowest BCUT2D eigenvalue weighted by Gasteiger charge is -2.28. The maximum atomic E-state index is 13.2. The van der Waals surface area contributed by atoms with Gasteiger partial charge in [0.2, 0.25) is 0 Å². The van der Waals surface area contributed by atoms with Crippen LogP contribution >= 0.6 is 0 Å². The number of hydrogen-bond acceptors (Lipinski definition) is 2. The van der Waals surface area contributed by atoms with E-state index in [2.05, 4.69) is 34.2 Å². The highest BCUT2D eigenvalue weighted by Gasteiger charge is 2.10. The summed E-state index contributed by atoms with van der Waals surface area (Å²) in [7, 11) is 0. The topological polar surface area (TPSA) is 15.6 Å². The molecule has 3 heteroatoms. The van der Waals surface area contributed by atoms with Gasteiger partial charge in [0, 0.05) is 25.0 Å². The Morgan fingerprint density at radius 2 is 1.73 bits per heavy atom. The molecular formula is C19H21FN2. The molecule has 114 valence electrons. The summed E-state index contributed by atoms with van der Waals surface area (Å²) in [6.45, 7) is 4.06. The Bertz CT molecular complexity index is 656. The maximum Gasteiger partial charge on any atom is 0.126 e. The molecule has 0 aromatic heterocycles. The molecule has 3 rings (SSSR count). The van der Waals surface area contributed by atoms with Crippen LogP contribution in [0.1, 0.15) is 30.4 Å². The number of benzene rings is 2. The Morgan fingerprint density at radius 1 is 1.00 bits per heavy atom. The van der Waals surface area contributed by atoms with Gasteiger partial charge < -0.3 is 4.90 Å². The van der Waals surface area contributed by atoms with E-state index in [0.29, 0.717) is 5.56 Å². The summed E-state index contributed by atoms with van der Waals surface area (Å²) in [4.78, 5) is 6.85. The second-order valence-corrected chi connectivity index (χ2v) is 5.83. The van der Waals surface area contributed by atoms with E-state index in [1.807, 2.05) is 6.21 Å². The average molecular weight is 296 g/mol. The van der Waals surface area contributed by atoms with Crippen LogP contribution in [0.4, 0.5) is 15.8 Å². The molecule has 2 aromatic carbocycles. The molecule has 2 aromatic rings. The zero-order chi connectivity index (χ0) is 15.4. The number of piperidine rings is 1. The van der Waals surface area contributed by atoms with Crippen molar-refractivity contribution < 1.29 is 4.39 Å². The Labute approximate surface area is 131 Å². The Balaban J connectivity index is 1.69. The van der Waals surface area contributed by atoms with E-state index in [0.717, 1.165) is 24.3 Å². The highest BCUT2D eigenvalue weighted by Crippen LogP contribution is 2.20. The highest BCUT2D eigenvalue weighted by atomic mass is 19.1. The van der Waals surface area contributed by atoms with E-state index >= 15 is 0 Å². The second kappa shape index (κ2) is 6.73. The number of nitrogens with zero attached hydrogens (tertiary/aromatic N) is 2. The van der Waals surface area contributed by atoms with Crippen molar-refractivity contribution in [2.75, 3.05) is 18.0 Å². The number of rotatable bonds is 3. The zero-order valence-corrected chi connectivity index (χ0v) is 12.9. The molecule has 0 bridgehead atoms. The van der Waals surface area contributed by atoms with Gasteiger partial charge in [-0.3, -0.25) is 4.99 Å². The first-order chi connectivity index (χ1) is 10.7. The van der Waals surface area contributed by atoms with E-state index < -0.39 is 0 Å². The quantitative estimate of drug-likeness (QED) is 0.737. The number of aliphatic imine (C=N–C) groups is 1. The minimum Gasteiger partial charge on any atom is -0.372 e. The van der Waals surface area contributed by atoms with Crippen molar-refractivity contribution in [2.24, 2.45) is 4.99 Å². The Kier molecular flexibility index (Phi) is 4.52. The fourth-order valence-corrected chi connectivity index (χ4v) is 2.78. The van der Waals surface area contributed by atoms with Gasteiger partial charge in [0.15, 0.2) is 0 Å². The summed E-state index contributed by atoms with van der Waals surface area (Å²) in [5, 5.41) is 0. The molecular weight excluding hydrogens is 275 g/mol. The summed E-state index contributed by atoms with van der Waals surface area (Å²) in [5.74, 6) is -0.190. The van der Waals surface area contributed by atoms with E-state index in [9.17, 15) is 4.39 Å². The molecule has 1 heterocycles. The van der Waals surface area contributed by atoms with Crippen molar-refractivity contribution in [2.45, 2.75) is 26.2 Å². The molecule has 0 spiro atoms. The standard InChI is InChI=1S/C19H21FN2/c1-15-13-17(7-10-19(15)20)21-14-16-5-8-18(9-6-16)22-11-3-2-4-12-22/h5-10,13-14H,2-4,11-12H2,1H3. The number of halogens is 1. The SMILES string of the molecule is Cc1cc(N=Cc2ccc(N3CCCCC3)cc2)ccc1F. The van der Waals surface area contributed by atoms with Gasteiger partial charge in [-0.05, 0) is 67.6 Å². The van der Waals surface area contributed by atoms with Crippen molar-refractivity contribution in [3.05, 3.63) is 59.4 Å². The smallest absolute Gasteiger partial charge is 0.126 e. The van der Waals surface area contributed by atoms with Crippen LogP contribution in [0.5, 0.6) is 0 Å². The van der Waals surface area contributed by atoms with Crippen molar-refractivity contribution >= 4 is 17.6 Å². The Morgan fingerprint density at radius 3 is 2.41 bits per heavy atom.